The van der Waals surface area contributed by atoms with Gasteiger partial charge in [-0.3, -0.25) is 0 Å². The van der Waals surface area contributed by atoms with Crippen LogP contribution in [-0.4, -0.2) is 48.3 Å². The molecular formula is C15H23N5O. The summed E-state index contributed by atoms with van der Waals surface area (Å²) in [4.78, 5) is 1.66. The van der Waals surface area contributed by atoms with E-state index in [0.29, 0.717) is 0 Å². The second-order valence-electron chi connectivity index (χ2n) is 4.73. The average molecular weight is 289 g/mol. The Balaban J connectivity index is 1.63. The molecule has 0 fully saturated rings. The summed E-state index contributed by atoms with van der Waals surface area (Å²) < 4.78 is 4.97. The Bertz CT molecular complexity index is 500. The van der Waals surface area contributed by atoms with E-state index in [9.17, 15) is 0 Å². The molecule has 1 aromatic heterocycles. The number of nitrogens with one attached hydrogen (secondary N) is 2. The van der Waals surface area contributed by atoms with E-state index in [-0.39, 0.29) is 0 Å². The Kier molecular flexibility index (Phi) is 6.87. The Morgan fingerprint density at radius 1 is 1.10 bits per heavy atom. The van der Waals surface area contributed by atoms with Crippen molar-refractivity contribution in [2.75, 3.05) is 33.4 Å². The summed E-state index contributed by atoms with van der Waals surface area (Å²) in [7, 11) is 1.71. The second-order valence-corrected chi connectivity index (χ2v) is 4.73. The third-order valence-electron chi connectivity index (χ3n) is 3.02. The van der Waals surface area contributed by atoms with Crippen molar-refractivity contribution in [2.45, 2.75) is 13.0 Å². The second kappa shape index (κ2) is 9.23. The number of nitrogens with zero attached hydrogens (tertiary/aromatic N) is 3. The standard InChI is InChI=1S/C15H23N5O/c1-21-11-10-16-8-5-9-17-12-14-13-18-20(19-14)15-6-3-2-4-7-15/h2-4,6-7,13,16-17H,5,8-12H2,1H3. The predicted molar refractivity (Wildman–Crippen MR) is 82.4 cm³/mol. The fourth-order valence-corrected chi connectivity index (χ4v) is 1.92. The van der Waals surface area contributed by atoms with E-state index in [4.69, 9.17) is 4.74 Å². The van der Waals surface area contributed by atoms with E-state index >= 15 is 0 Å². The monoisotopic (exact) mass is 289 g/mol. The topological polar surface area (TPSA) is 64.0 Å². The van der Waals surface area contributed by atoms with Crippen LogP contribution in [-0.2, 0) is 11.3 Å². The van der Waals surface area contributed by atoms with Gasteiger partial charge in [-0.05, 0) is 31.6 Å². The summed E-state index contributed by atoms with van der Waals surface area (Å²) >= 11 is 0. The van der Waals surface area contributed by atoms with Crippen LogP contribution in [0.3, 0.4) is 0 Å². The number of hydrogen-bond acceptors (Lipinski definition) is 5. The summed E-state index contributed by atoms with van der Waals surface area (Å²) in [5, 5.41) is 15.4. The highest BCUT2D eigenvalue weighted by Gasteiger charge is 2.01. The number of methoxy groups -OCH3 is 1. The van der Waals surface area contributed by atoms with Gasteiger partial charge in [0, 0.05) is 20.2 Å². The van der Waals surface area contributed by atoms with E-state index in [0.717, 1.165) is 50.6 Å². The van der Waals surface area contributed by atoms with Crippen LogP contribution < -0.4 is 10.6 Å². The van der Waals surface area contributed by atoms with Crippen LogP contribution in [0.1, 0.15) is 12.1 Å². The molecule has 0 aliphatic heterocycles. The van der Waals surface area contributed by atoms with Gasteiger partial charge in [0.1, 0.15) is 0 Å². The molecule has 6 heteroatoms. The van der Waals surface area contributed by atoms with Gasteiger partial charge in [-0.15, -0.1) is 0 Å². The lowest BCUT2D eigenvalue weighted by Gasteiger charge is -2.04. The van der Waals surface area contributed by atoms with Crippen molar-refractivity contribution in [1.82, 2.24) is 25.6 Å². The lowest BCUT2D eigenvalue weighted by molar-refractivity contribution is 0.199. The van der Waals surface area contributed by atoms with E-state index in [2.05, 4.69) is 20.8 Å². The van der Waals surface area contributed by atoms with Crippen LogP contribution >= 0.6 is 0 Å². The summed E-state index contributed by atoms with van der Waals surface area (Å²) in [5.74, 6) is 0. The zero-order chi connectivity index (χ0) is 14.8. The van der Waals surface area contributed by atoms with E-state index in [1.54, 1.807) is 18.1 Å². The summed E-state index contributed by atoms with van der Waals surface area (Å²) in [5.41, 5.74) is 1.93. The van der Waals surface area contributed by atoms with Crippen LogP contribution in [0.15, 0.2) is 36.5 Å². The van der Waals surface area contributed by atoms with Crippen molar-refractivity contribution in [3.63, 3.8) is 0 Å². The van der Waals surface area contributed by atoms with E-state index < -0.39 is 0 Å². The van der Waals surface area contributed by atoms with Gasteiger partial charge in [-0.25, -0.2) is 0 Å². The Hall–Kier alpha value is -1.76. The molecule has 0 amide bonds. The van der Waals surface area contributed by atoms with Crippen LogP contribution in [0.25, 0.3) is 5.69 Å². The fraction of sp³-hybridized carbons (Fsp3) is 0.467. The summed E-state index contributed by atoms with van der Waals surface area (Å²) in [6.07, 6.45) is 2.88. The Labute approximate surface area is 125 Å². The zero-order valence-corrected chi connectivity index (χ0v) is 12.5. The molecule has 1 aromatic carbocycles. The van der Waals surface area contributed by atoms with Gasteiger partial charge < -0.3 is 15.4 Å². The molecule has 6 nitrogen and oxygen atoms in total. The molecule has 0 saturated carbocycles. The highest BCUT2D eigenvalue weighted by Crippen LogP contribution is 2.03. The highest BCUT2D eigenvalue weighted by molar-refractivity contribution is 5.28. The van der Waals surface area contributed by atoms with Crippen molar-refractivity contribution in [3.05, 3.63) is 42.2 Å². The van der Waals surface area contributed by atoms with Crippen molar-refractivity contribution in [1.29, 1.82) is 0 Å². The molecule has 2 N–H and O–H groups in total. The minimum atomic E-state index is 0.741. The lowest BCUT2D eigenvalue weighted by atomic mass is 10.3. The van der Waals surface area contributed by atoms with Gasteiger partial charge in [0.25, 0.3) is 0 Å². The summed E-state index contributed by atoms with van der Waals surface area (Å²) in [6, 6.07) is 9.92. The first kappa shape index (κ1) is 15.6. The zero-order valence-electron chi connectivity index (χ0n) is 12.5. The average Bonchev–Trinajstić information content (AvgIpc) is 3.00. The summed E-state index contributed by atoms with van der Waals surface area (Å²) in [6.45, 7) is 4.36. The lowest BCUT2D eigenvalue weighted by Crippen LogP contribution is -2.24. The van der Waals surface area contributed by atoms with Gasteiger partial charge in [0.15, 0.2) is 0 Å². The van der Waals surface area contributed by atoms with Gasteiger partial charge in [0.05, 0.1) is 24.2 Å². The van der Waals surface area contributed by atoms with Gasteiger partial charge >= 0.3 is 0 Å². The maximum atomic E-state index is 4.97. The number of aromatic nitrogens is 3. The van der Waals surface area contributed by atoms with Crippen LogP contribution in [0, 0.1) is 0 Å². The SMILES string of the molecule is COCCNCCCNCc1cnn(-c2ccccc2)n1. The van der Waals surface area contributed by atoms with Gasteiger partial charge in [-0.2, -0.15) is 15.0 Å². The third kappa shape index (κ3) is 5.63. The fourth-order valence-electron chi connectivity index (χ4n) is 1.92. The molecule has 0 aliphatic carbocycles. The molecule has 21 heavy (non-hydrogen) atoms. The molecule has 2 aromatic rings. The maximum Gasteiger partial charge on any atom is 0.0969 e. The minimum Gasteiger partial charge on any atom is -0.383 e. The normalized spacial score (nSPS) is 10.9. The van der Waals surface area contributed by atoms with Gasteiger partial charge in [-0.1, -0.05) is 18.2 Å². The number of rotatable bonds is 10. The molecule has 0 aliphatic rings. The predicted octanol–water partition coefficient (Wildman–Crippen LogP) is 0.983. The smallest absolute Gasteiger partial charge is 0.0969 e. The van der Waals surface area contributed by atoms with Crippen molar-refractivity contribution in [2.24, 2.45) is 0 Å². The number of benzene rings is 1. The molecule has 0 bridgehead atoms. The third-order valence-corrected chi connectivity index (χ3v) is 3.02. The molecule has 114 valence electrons. The maximum absolute atomic E-state index is 4.97. The highest BCUT2D eigenvalue weighted by atomic mass is 16.5. The minimum absolute atomic E-state index is 0.741. The Morgan fingerprint density at radius 3 is 2.71 bits per heavy atom. The number of para-hydroxylation sites is 1. The number of ether oxygens (including phenoxy) is 1. The molecule has 0 atom stereocenters. The number of hydrogen-bond donors (Lipinski definition) is 2. The van der Waals surface area contributed by atoms with Gasteiger partial charge in [0.2, 0.25) is 0 Å². The molecule has 0 radical (unpaired) electrons. The first-order valence-electron chi connectivity index (χ1n) is 7.27. The molecule has 1 heterocycles. The first-order chi connectivity index (χ1) is 10.4. The van der Waals surface area contributed by atoms with E-state index in [1.807, 2.05) is 30.3 Å². The molecule has 0 saturated heterocycles. The molecule has 0 spiro atoms. The Morgan fingerprint density at radius 2 is 1.90 bits per heavy atom. The van der Waals surface area contributed by atoms with Crippen molar-refractivity contribution >= 4 is 0 Å². The van der Waals surface area contributed by atoms with Crippen molar-refractivity contribution < 1.29 is 4.74 Å². The molecule has 0 unspecified atom stereocenters. The quantitative estimate of drug-likeness (QED) is 0.639. The van der Waals surface area contributed by atoms with Crippen molar-refractivity contribution in [3.8, 4) is 5.69 Å². The van der Waals surface area contributed by atoms with E-state index in [1.165, 1.54) is 0 Å². The van der Waals surface area contributed by atoms with Crippen LogP contribution in [0.4, 0.5) is 0 Å². The first-order valence-corrected chi connectivity index (χ1v) is 7.27. The molecule has 2 rings (SSSR count). The van der Waals surface area contributed by atoms with Crippen LogP contribution in [0.5, 0.6) is 0 Å². The van der Waals surface area contributed by atoms with Crippen LogP contribution in [0.2, 0.25) is 0 Å². The molecular weight excluding hydrogens is 266 g/mol. The largest absolute Gasteiger partial charge is 0.383 e.